The predicted molar refractivity (Wildman–Crippen MR) is 130 cm³/mol. The maximum absolute atomic E-state index is 13.0. The van der Waals surface area contributed by atoms with Gasteiger partial charge in [0, 0.05) is 11.5 Å². The zero-order valence-electron chi connectivity index (χ0n) is 19.8. The topological polar surface area (TPSA) is 107 Å². The minimum atomic E-state index is -6.29. The van der Waals surface area contributed by atoms with E-state index in [1.165, 1.54) is 30.3 Å². The molecule has 0 bridgehead atoms. The summed E-state index contributed by atoms with van der Waals surface area (Å²) in [5.74, 6) is -3.38. The molecule has 0 saturated heterocycles. The molecule has 0 radical (unpaired) electrons. The van der Waals surface area contributed by atoms with Gasteiger partial charge in [0.15, 0.2) is 0 Å². The Kier molecular flexibility index (Phi) is 7.38. The van der Waals surface area contributed by atoms with Crippen LogP contribution in [0.4, 0.5) is 13.2 Å². The van der Waals surface area contributed by atoms with Gasteiger partial charge >= 0.3 is 21.6 Å². The fourth-order valence-electron chi connectivity index (χ4n) is 3.93. The molecule has 3 aromatic rings. The molecule has 38 heavy (non-hydrogen) atoms. The van der Waals surface area contributed by atoms with Crippen LogP contribution in [-0.4, -0.2) is 43.4 Å². The van der Waals surface area contributed by atoms with Crippen LogP contribution in [0.3, 0.4) is 0 Å². The zero-order chi connectivity index (χ0) is 27.7. The number of carbonyl (C=O) groups is 3. The van der Waals surface area contributed by atoms with Crippen molar-refractivity contribution in [2.45, 2.75) is 25.3 Å². The lowest BCUT2D eigenvalue weighted by Gasteiger charge is -2.26. The van der Waals surface area contributed by atoms with E-state index in [0.717, 1.165) is 6.42 Å². The fourth-order valence-corrected chi connectivity index (χ4v) is 4.34. The van der Waals surface area contributed by atoms with Crippen LogP contribution in [0.2, 0.25) is 0 Å². The second-order valence-electron chi connectivity index (χ2n) is 8.21. The molecule has 1 heterocycles. The monoisotopic (exact) mass is 547 g/mol. The Hall–Kier alpha value is -4.03. The summed E-state index contributed by atoms with van der Waals surface area (Å²) in [6.07, 6.45) is 2.78. The van der Waals surface area contributed by atoms with Crippen LogP contribution in [0.15, 0.2) is 66.7 Å². The van der Waals surface area contributed by atoms with Crippen molar-refractivity contribution in [2.75, 3.05) is 6.61 Å². The molecule has 0 spiro atoms. The number of imide groups is 1. The summed E-state index contributed by atoms with van der Waals surface area (Å²) in [6.45, 7) is 2.17. The number of carbonyl (C=O) groups excluding carboxylic acids is 3. The van der Waals surface area contributed by atoms with Gasteiger partial charge in [0.1, 0.15) is 0 Å². The number of ether oxygens (including phenoxy) is 1. The van der Waals surface area contributed by atoms with Gasteiger partial charge in [-0.25, -0.2) is 4.79 Å². The number of amides is 2. The molecule has 12 heteroatoms. The first-order chi connectivity index (χ1) is 18.0. The zero-order valence-corrected chi connectivity index (χ0v) is 20.6. The first-order valence-electron chi connectivity index (χ1n) is 11.4. The van der Waals surface area contributed by atoms with Gasteiger partial charge < -0.3 is 4.74 Å². The first-order valence-corrected chi connectivity index (χ1v) is 12.8. The lowest BCUT2D eigenvalue weighted by molar-refractivity contribution is -0.137. The van der Waals surface area contributed by atoms with Crippen LogP contribution >= 0.6 is 0 Å². The molecule has 1 aliphatic heterocycles. The Labute approximate surface area is 215 Å². The van der Waals surface area contributed by atoms with Gasteiger partial charge in [0.25, 0.3) is 11.8 Å². The van der Waals surface area contributed by atoms with E-state index in [1.54, 1.807) is 36.4 Å². The van der Waals surface area contributed by atoms with E-state index in [9.17, 15) is 36.0 Å². The van der Waals surface area contributed by atoms with Crippen molar-refractivity contribution >= 4 is 44.2 Å². The van der Waals surface area contributed by atoms with E-state index in [2.05, 4.69) is 4.28 Å². The quantitative estimate of drug-likeness (QED) is 0.129. The van der Waals surface area contributed by atoms with Crippen LogP contribution in [-0.2, 0) is 23.9 Å². The van der Waals surface area contributed by atoms with E-state index in [-0.39, 0.29) is 23.1 Å². The Balaban J connectivity index is 1.86. The van der Waals surface area contributed by atoms with Gasteiger partial charge in [-0.05, 0) is 40.6 Å². The number of unbranched alkanes of at least 4 members (excludes halogenated alkanes) is 1. The average molecular weight is 548 g/mol. The molecule has 2 amide bonds. The van der Waals surface area contributed by atoms with Crippen LogP contribution in [0, 0.1) is 0 Å². The molecule has 1 aliphatic rings. The second kappa shape index (κ2) is 10.4. The van der Waals surface area contributed by atoms with Crippen molar-refractivity contribution in [1.29, 1.82) is 0 Å². The molecule has 0 unspecified atom stereocenters. The minimum Gasteiger partial charge on any atom is -0.463 e. The summed E-state index contributed by atoms with van der Waals surface area (Å²) < 4.78 is 70.8. The number of rotatable bonds is 8. The van der Waals surface area contributed by atoms with Crippen molar-refractivity contribution in [1.82, 2.24) is 5.06 Å². The van der Waals surface area contributed by atoms with Crippen molar-refractivity contribution in [3.8, 4) is 0 Å². The smallest absolute Gasteiger partial charge is 0.463 e. The van der Waals surface area contributed by atoms with Gasteiger partial charge in [-0.2, -0.15) is 21.6 Å². The van der Waals surface area contributed by atoms with Gasteiger partial charge in [0.05, 0.1) is 17.7 Å². The van der Waals surface area contributed by atoms with Crippen LogP contribution in [0.1, 0.15) is 51.6 Å². The number of hydrogen-bond acceptors (Lipinski definition) is 7. The largest absolute Gasteiger partial charge is 0.525 e. The molecule has 8 nitrogen and oxygen atoms in total. The van der Waals surface area contributed by atoms with E-state index in [1.807, 2.05) is 6.92 Å². The summed E-state index contributed by atoms with van der Waals surface area (Å²) in [5, 5.41) is -0.0134. The summed E-state index contributed by atoms with van der Waals surface area (Å²) >= 11 is 0. The maximum atomic E-state index is 13.0. The van der Waals surface area contributed by atoms with E-state index < -0.39 is 38.5 Å². The predicted octanol–water partition coefficient (Wildman–Crippen LogP) is 4.99. The van der Waals surface area contributed by atoms with Crippen molar-refractivity contribution in [2.24, 2.45) is 0 Å². The third-order valence-electron chi connectivity index (χ3n) is 5.71. The highest BCUT2D eigenvalue weighted by atomic mass is 32.2. The number of hydrogen-bond donors (Lipinski definition) is 0. The molecular weight excluding hydrogens is 527 g/mol. The molecule has 0 aromatic heterocycles. The highest BCUT2D eigenvalue weighted by molar-refractivity contribution is 7.87. The molecule has 0 saturated carbocycles. The van der Waals surface area contributed by atoms with Crippen molar-refractivity contribution in [3.63, 3.8) is 0 Å². The van der Waals surface area contributed by atoms with Crippen molar-refractivity contribution < 1.29 is 45.0 Å². The minimum absolute atomic E-state index is 0.0745. The number of alkyl halides is 3. The van der Waals surface area contributed by atoms with Crippen LogP contribution < -0.4 is 0 Å². The molecule has 3 aromatic carbocycles. The van der Waals surface area contributed by atoms with E-state index in [4.69, 9.17) is 4.74 Å². The maximum Gasteiger partial charge on any atom is 0.525 e. The average Bonchev–Trinajstić information content (AvgIpc) is 2.88. The van der Waals surface area contributed by atoms with Crippen LogP contribution in [0.25, 0.3) is 16.3 Å². The molecule has 0 atom stereocenters. The number of hydroxylamine groups is 2. The van der Waals surface area contributed by atoms with E-state index >= 15 is 0 Å². The van der Waals surface area contributed by atoms with Gasteiger partial charge in [-0.1, -0.05) is 61.9 Å². The van der Waals surface area contributed by atoms with Gasteiger partial charge in [0.2, 0.25) is 0 Å². The SMILES string of the molecule is CCCCOC(=O)/C=C(\c1ccccc1)c1ccc2c3c(cccc13)C(=O)N(OS(=O)(=O)C(F)(F)F)C2=O. The Morgan fingerprint density at radius 3 is 2.24 bits per heavy atom. The molecule has 198 valence electrons. The number of esters is 1. The lowest BCUT2D eigenvalue weighted by atomic mass is 9.87. The Bertz CT molecular complexity index is 1540. The third kappa shape index (κ3) is 5.04. The summed E-state index contributed by atoms with van der Waals surface area (Å²) in [7, 11) is -6.29. The first kappa shape index (κ1) is 27.0. The molecule has 0 fully saturated rings. The fraction of sp³-hybridized carbons (Fsp3) is 0.192. The lowest BCUT2D eigenvalue weighted by Crippen LogP contribution is -2.44. The Morgan fingerprint density at radius 2 is 1.61 bits per heavy atom. The summed E-state index contributed by atoms with van der Waals surface area (Å²) in [6, 6.07) is 15.7. The summed E-state index contributed by atoms with van der Waals surface area (Å²) in [5.41, 5.74) is -4.90. The molecule has 0 N–H and O–H groups in total. The summed E-state index contributed by atoms with van der Waals surface area (Å²) in [4.78, 5) is 38.5. The van der Waals surface area contributed by atoms with Crippen LogP contribution in [0.5, 0.6) is 0 Å². The number of benzene rings is 3. The standard InChI is InChI=1S/C26H20F3NO7S/c1-2-3-14-36-22(31)15-21(16-8-5-4-6-9-16)17-12-13-20-23-18(17)10-7-11-19(23)24(32)30(25(20)33)37-38(34,35)26(27,28)29/h4-13,15H,2-3,14H2,1H3/b21-15+. The highest BCUT2D eigenvalue weighted by Crippen LogP contribution is 2.38. The molecule has 0 aliphatic carbocycles. The van der Waals surface area contributed by atoms with Gasteiger partial charge in [-0.15, -0.1) is 9.35 Å². The normalized spacial score (nSPS) is 14.2. The molecular formula is C26H20F3NO7S. The number of halogens is 3. The van der Waals surface area contributed by atoms with E-state index in [0.29, 0.717) is 28.5 Å². The highest BCUT2D eigenvalue weighted by Gasteiger charge is 2.51. The molecule has 4 rings (SSSR count). The Morgan fingerprint density at radius 1 is 0.947 bits per heavy atom. The third-order valence-corrected chi connectivity index (χ3v) is 6.62. The number of nitrogens with zero attached hydrogens (tertiary/aromatic N) is 1. The second-order valence-corrected chi connectivity index (χ2v) is 9.73. The van der Waals surface area contributed by atoms with Gasteiger partial charge in [-0.3, -0.25) is 9.59 Å². The van der Waals surface area contributed by atoms with Crippen molar-refractivity contribution in [3.05, 3.63) is 89.0 Å².